The molecule has 11 heteroatoms. The highest BCUT2D eigenvalue weighted by molar-refractivity contribution is 5.91. The standard InChI is InChI=1S/C16H19F3N6O2/c1-10-7-13(16(17,18)19)22-14(21-10)4-5-20-15(26)12-9-25(24-23-12)8-11-3-2-6-27-11/h7,9,11H,2-6,8H2,1H3,(H,20,26)/t11-/m0/s1. The van der Waals surface area contributed by atoms with Crippen LogP contribution < -0.4 is 5.32 Å². The number of rotatable bonds is 6. The molecule has 0 radical (unpaired) electrons. The highest BCUT2D eigenvalue weighted by atomic mass is 19.4. The lowest BCUT2D eigenvalue weighted by Crippen LogP contribution is -2.27. The number of amides is 1. The number of aryl methyl sites for hydroxylation is 1. The molecule has 1 aliphatic heterocycles. The lowest BCUT2D eigenvalue weighted by atomic mass is 10.2. The molecule has 2 aromatic rings. The first-order valence-corrected chi connectivity index (χ1v) is 8.53. The Labute approximate surface area is 153 Å². The first-order chi connectivity index (χ1) is 12.8. The van der Waals surface area contributed by atoms with Gasteiger partial charge in [-0.05, 0) is 25.8 Å². The van der Waals surface area contributed by atoms with Crippen LogP contribution in [-0.4, -0.2) is 50.1 Å². The third kappa shape index (κ3) is 5.22. The number of ether oxygens (including phenoxy) is 1. The SMILES string of the molecule is Cc1cc(C(F)(F)F)nc(CCNC(=O)c2cn(C[C@@H]3CCCO3)nn2)n1. The number of halogens is 3. The average molecular weight is 384 g/mol. The molecule has 1 fully saturated rings. The molecule has 27 heavy (non-hydrogen) atoms. The van der Waals surface area contributed by atoms with Gasteiger partial charge in [0.15, 0.2) is 5.69 Å². The molecule has 8 nitrogen and oxygen atoms in total. The van der Waals surface area contributed by atoms with E-state index in [-0.39, 0.29) is 36.3 Å². The molecule has 1 atom stereocenters. The van der Waals surface area contributed by atoms with Crippen LogP contribution in [0.3, 0.4) is 0 Å². The fourth-order valence-corrected chi connectivity index (χ4v) is 2.75. The number of aromatic nitrogens is 5. The normalized spacial score (nSPS) is 17.3. The summed E-state index contributed by atoms with van der Waals surface area (Å²) >= 11 is 0. The topological polar surface area (TPSA) is 94.8 Å². The molecule has 0 spiro atoms. The van der Waals surface area contributed by atoms with Crippen molar-refractivity contribution in [2.24, 2.45) is 0 Å². The molecule has 3 rings (SSSR count). The van der Waals surface area contributed by atoms with Gasteiger partial charge in [-0.15, -0.1) is 5.10 Å². The molecule has 1 saturated heterocycles. The molecule has 1 amide bonds. The second kappa shape index (κ2) is 7.99. The fourth-order valence-electron chi connectivity index (χ4n) is 2.75. The molecule has 0 bridgehead atoms. The first kappa shape index (κ1) is 19.2. The number of carbonyl (C=O) groups is 1. The second-order valence-corrected chi connectivity index (χ2v) is 6.28. The van der Waals surface area contributed by atoms with E-state index in [0.717, 1.165) is 25.5 Å². The summed E-state index contributed by atoms with van der Waals surface area (Å²) in [5.41, 5.74) is -0.640. The highest BCUT2D eigenvalue weighted by Gasteiger charge is 2.33. The molecular formula is C16H19F3N6O2. The van der Waals surface area contributed by atoms with Crippen molar-refractivity contribution in [3.63, 3.8) is 0 Å². The summed E-state index contributed by atoms with van der Waals surface area (Å²) in [6.45, 7) is 2.80. The molecular weight excluding hydrogens is 365 g/mol. The Kier molecular flexibility index (Phi) is 5.68. The van der Waals surface area contributed by atoms with Crippen LogP contribution in [0.5, 0.6) is 0 Å². The number of hydrogen-bond donors (Lipinski definition) is 1. The zero-order chi connectivity index (χ0) is 19.4. The van der Waals surface area contributed by atoms with Gasteiger partial charge in [-0.2, -0.15) is 13.2 Å². The minimum absolute atomic E-state index is 0.0182. The molecule has 146 valence electrons. The number of nitrogens with zero attached hydrogens (tertiary/aromatic N) is 5. The Balaban J connectivity index is 1.52. The smallest absolute Gasteiger partial charge is 0.376 e. The van der Waals surface area contributed by atoms with Gasteiger partial charge in [-0.1, -0.05) is 5.21 Å². The van der Waals surface area contributed by atoms with Crippen LogP contribution in [0.15, 0.2) is 12.3 Å². The van der Waals surface area contributed by atoms with E-state index in [9.17, 15) is 18.0 Å². The van der Waals surface area contributed by atoms with Crippen LogP contribution >= 0.6 is 0 Å². The van der Waals surface area contributed by atoms with Crippen LogP contribution in [0.1, 0.15) is 40.5 Å². The molecule has 1 aliphatic rings. The summed E-state index contributed by atoms with van der Waals surface area (Å²) in [5, 5.41) is 10.3. The minimum Gasteiger partial charge on any atom is -0.376 e. The summed E-state index contributed by atoms with van der Waals surface area (Å²) in [6.07, 6.45) is -0.930. The van der Waals surface area contributed by atoms with E-state index in [0.29, 0.717) is 6.54 Å². The van der Waals surface area contributed by atoms with E-state index >= 15 is 0 Å². The van der Waals surface area contributed by atoms with Crippen molar-refractivity contribution >= 4 is 5.91 Å². The monoisotopic (exact) mass is 384 g/mol. The summed E-state index contributed by atoms with van der Waals surface area (Å²) in [7, 11) is 0. The summed E-state index contributed by atoms with van der Waals surface area (Å²) < 4.78 is 45.4. The van der Waals surface area contributed by atoms with E-state index in [1.165, 1.54) is 13.1 Å². The molecule has 2 aromatic heterocycles. The third-order valence-electron chi connectivity index (χ3n) is 4.01. The Hall–Kier alpha value is -2.56. The van der Waals surface area contributed by atoms with Crippen LogP contribution in [0.25, 0.3) is 0 Å². The van der Waals surface area contributed by atoms with Crippen molar-refractivity contribution in [3.8, 4) is 0 Å². The van der Waals surface area contributed by atoms with Crippen molar-refractivity contribution in [2.75, 3.05) is 13.2 Å². The van der Waals surface area contributed by atoms with Gasteiger partial charge in [0.2, 0.25) is 0 Å². The second-order valence-electron chi connectivity index (χ2n) is 6.28. The number of carbonyl (C=O) groups excluding carboxylic acids is 1. The van der Waals surface area contributed by atoms with Crippen molar-refractivity contribution in [2.45, 2.75) is 45.0 Å². The van der Waals surface area contributed by atoms with E-state index in [4.69, 9.17) is 4.74 Å². The van der Waals surface area contributed by atoms with Gasteiger partial charge in [0.05, 0.1) is 18.8 Å². The maximum atomic E-state index is 12.8. The Morgan fingerprint density at radius 1 is 1.41 bits per heavy atom. The lowest BCUT2D eigenvalue weighted by Gasteiger charge is -2.09. The van der Waals surface area contributed by atoms with Gasteiger partial charge in [0.25, 0.3) is 5.91 Å². The Morgan fingerprint density at radius 3 is 2.93 bits per heavy atom. The van der Waals surface area contributed by atoms with Crippen LogP contribution in [0, 0.1) is 6.92 Å². The predicted molar refractivity (Wildman–Crippen MR) is 86.8 cm³/mol. The zero-order valence-electron chi connectivity index (χ0n) is 14.7. The van der Waals surface area contributed by atoms with Crippen LogP contribution in [0.4, 0.5) is 13.2 Å². The van der Waals surface area contributed by atoms with Crippen molar-refractivity contribution in [3.05, 3.63) is 35.2 Å². The van der Waals surface area contributed by atoms with Crippen molar-refractivity contribution in [1.82, 2.24) is 30.3 Å². The lowest BCUT2D eigenvalue weighted by molar-refractivity contribution is -0.141. The van der Waals surface area contributed by atoms with Crippen molar-refractivity contribution in [1.29, 1.82) is 0 Å². The van der Waals surface area contributed by atoms with Crippen LogP contribution in [-0.2, 0) is 23.9 Å². The van der Waals surface area contributed by atoms with E-state index in [1.807, 2.05) is 0 Å². The highest BCUT2D eigenvalue weighted by Crippen LogP contribution is 2.27. The summed E-state index contributed by atoms with van der Waals surface area (Å²) in [5.74, 6) is -0.443. The van der Waals surface area contributed by atoms with Gasteiger partial charge in [-0.25, -0.2) is 14.6 Å². The van der Waals surface area contributed by atoms with E-state index in [2.05, 4.69) is 25.6 Å². The minimum atomic E-state index is -4.53. The average Bonchev–Trinajstić information content (AvgIpc) is 3.26. The fraction of sp³-hybridized carbons (Fsp3) is 0.562. The van der Waals surface area contributed by atoms with Gasteiger partial charge in [0.1, 0.15) is 11.5 Å². The van der Waals surface area contributed by atoms with E-state index < -0.39 is 17.8 Å². The number of hydrogen-bond acceptors (Lipinski definition) is 6. The maximum absolute atomic E-state index is 12.8. The van der Waals surface area contributed by atoms with Gasteiger partial charge in [0, 0.05) is 25.3 Å². The van der Waals surface area contributed by atoms with Gasteiger partial charge >= 0.3 is 6.18 Å². The largest absolute Gasteiger partial charge is 0.433 e. The maximum Gasteiger partial charge on any atom is 0.433 e. The van der Waals surface area contributed by atoms with Crippen LogP contribution in [0.2, 0.25) is 0 Å². The zero-order valence-corrected chi connectivity index (χ0v) is 14.7. The van der Waals surface area contributed by atoms with Gasteiger partial charge < -0.3 is 10.1 Å². The number of alkyl halides is 3. The first-order valence-electron chi connectivity index (χ1n) is 8.53. The molecule has 0 aromatic carbocycles. The molecule has 3 heterocycles. The summed E-state index contributed by atoms with van der Waals surface area (Å²) in [4.78, 5) is 19.6. The predicted octanol–water partition coefficient (Wildman–Crippen LogP) is 1.55. The summed E-state index contributed by atoms with van der Waals surface area (Å²) in [6, 6.07) is 0.883. The van der Waals surface area contributed by atoms with Crippen molar-refractivity contribution < 1.29 is 22.7 Å². The molecule has 0 aliphatic carbocycles. The molecule has 1 N–H and O–H groups in total. The van der Waals surface area contributed by atoms with E-state index in [1.54, 1.807) is 4.68 Å². The third-order valence-corrected chi connectivity index (χ3v) is 4.01. The quantitative estimate of drug-likeness (QED) is 0.812. The van der Waals surface area contributed by atoms with Gasteiger partial charge in [-0.3, -0.25) is 4.79 Å². The number of nitrogens with one attached hydrogen (secondary N) is 1. The Morgan fingerprint density at radius 2 is 2.22 bits per heavy atom. The molecule has 0 saturated carbocycles. The molecule has 0 unspecified atom stereocenters. The Bertz CT molecular complexity index is 802.